The van der Waals surface area contributed by atoms with Crippen molar-refractivity contribution in [3.8, 4) is 0 Å². The van der Waals surface area contributed by atoms with E-state index in [1.165, 1.54) is 5.57 Å². The van der Waals surface area contributed by atoms with Crippen LogP contribution in [0.1, 0.15) is 18.1 Å². The molecule has 0 aliphatic carbocycles. The lowest BCUT2D eigenvalue weighted by Gasteiger charge is -2.08. The number of hydrogen-bond donors (Lipinski definition) is 2. The summed E-state index contributed by atoms with van der Waals surface area (Å²) in [6.07, 6.45) is 2.09. The highest BCUT2D eigenvalue weighted by atomic mass is 14.5. The third kappa shape index (κ3) is 2.48. The average Bonchev–Trinajstić information content (AvgIpc) is 2.35. The smallest absolute Gasteiger partial charge is 0.0314 e. The summed E-state index contributed by atoms with van der Waals surface area (Å²) in [6, 6.07) is 15.8. The molecule has 0 heterocycles. The zero-order chi connectivity index (χ0) is 12.3. The molecule has 86 valence electrons. The molecule has 0 atom stereocenters. The van der Waals surface area contributed by atoms with Crippen LogP contribution in [0.2, 0.25) is 0 Å². The largest absolute Gasteiger partial charge is 0.399 e. The van der Waals surface area contributed by atoms with E-state index < -0.39 is 0 Å². The van der Waals surface area contributed by atoms with Gasteiger partial charge in [-0.15, -0.1) is 0 Å². The molecule has 0 aliphatic heterocycles. The highest BCUT2D eigenvalue weighted by Gasteiger charge is 2.03. The quantitative estimate of drug-likeness (QED) is 0.769. The zero-order valence-corrected chi connectivity index (χ0v) is 9.85. The summed E-state index contributed by atoms with van der Waals surface area (Å²) in [5.74, 6) is 0. The van der Waals surface area contributed by atoms with Gasteiger partial charge in [-0.05, 0) is 47.9 Å². The van der Waals surface area contributed by atoms with Crippen molar-refractivity contribution in [1.82, 2.24) is 0 Å². The fraction of sp³-hybridized carbons (Fsp3) is 0.0667. The highest BCUT2D eigenvalue weighted by molar-refractivity contribution is 5.80. The van der Waals surface area contributed by atoms with E-state index in [9.17, 15) is 0 Å². The maximum atomic E-state index is 5.69. The third-order valence-electron chi connectivity index (χ3n) is 2.73. The van der Waals surface area contributed by atoms with Crippen LogP contribution in [-0.4, -0.2) is 0 Å². The molecule has 17 heavy (non-hydrogen) atoms. The molecule has 0 aliphatic rings. The van der Waals surface area contributed by atoms with Gasteiger partial charge in [0, 0.05) is 11.4 Å². The Bertz CT molecular complexity index is 474. The minimum Gasteiger partial charge on any atom is -0.399 e. The normalized spacial score (nSPS) is 9.94. The van der Waals surface area contributed by atoms with Crippen molar-refractivity contribution in [2.75, 3.05) is 11.5 Å². The summed E-state index contributed by atoms with van der Waals surface area (Å²) in [6.45, 7) is 2.03. The Morgan fingerprint density at radius 3 is 1.41 bits per heavy atom. The van der Waals surface area contributed by atoms with Crippen LogP contribution in [-0.2, 0) is 0 Å². The molecule has 0 amide bonds. The molecule has 2 nitrogen and oxygen atoms in total. The molecule has 0 radical (unpaired) electrons. The van der Waals surface area contributed by atoms with Crippen LogP contribution < -0.4 is 11.5 Å². The van der Waals surface area contributed by atoms with Gasteiger partial charge in [0.2, 0.25) is 0 Å². The Labute approximate surface area is 102 Å². The summed E-state index contributed by atoms with van der Waals surface area (Å²) in [7, 11) is 0. The van der Waals surface area contributed by atoms with Gasteiger partial charge >= 0.3 is 0 Å². The van der Waals surface area contributed by atoms with E-state index in [1.807, 2.05) is 55.5 Å². The summed E-state index contributed by atoms with van der Waals surface area (Å²) >= 11 is 0. The molecule has 0 fully saturated rings. The van der Waals surface area contributed by atoms with Crippen LogP contribution in [0.15, 0.2) is 54.6 Å². The number of hydrogen-bond acceptors (Lipinski definition) is 2. The van der Waals surface area contributed by atoms with Gasteiger partial charge in [-0.3, -0.25) is 0 Å². The van der Waals surface area contributed by atoms with Crippen molar-refractivity contribution in [2.24, 2.45) is 0 Å². The first-order chi connectivity index (χ1) is 8.20. The Morgan fingerprint density at radius 1 is 0.765 bits per heavy atom. The van der Waals surface area contributed by atoms with Gasteiger partial charge in [0.25, 0.3) is 0 Å². The lowest BCUT2D eigenvalue weighted by Crippen LogP contribution is -1.90. The fourth-order valence-electron chi connectivity index (χ4n) is 1.83. The van der Waals surface area contributed by atoms with Crippen molar-refractivity contribution < 1.29 is 0 Å². The molecule has 0 spiro atoms. The lowest BCUT2D eigenvalue weighted by atomic mass is 9.97. The van der Waals surface area contributed by atoms with E-state index in [-0.39, 0.29) is 0 Å². The number of allylic oxidation sites excluding steroid dienone is 1. The second-order valence-electron chi connectivity index (χ2n) is 3.95. The van der Waals surface area contributed by atoms with Crippen molar-refractivity contribution in [2.45, 2.75) is 6.92 Å². The Kier molecular flexibility index (Phi) is 3.15. The van der Waals surface area contributed by atoms with E-state index in [0.29, 0.717) is 0 Å². The number of rotatable bonds is 2. The predicted molar refractivity (Wildman–Crippen MR) is 74.5 cm³/mol. The minimum absolute atomic E-state index is 0.779. The van der Waals surface area contributed by atoms with Crippen LogP contribution in [0.3, 0.4) is 0 Å². The van der Waals surface area contributed by atoms with E-state index in [0.717, 1.165) is 22.5 Å². The summed E-state index contributed by atoms with van der Waals surface area (Å²) < 4.78 is 0. The molecule has 4 N–H and O–H groups in total. The Morgan fingerprint density at radius 2 is 1.12 bits per heavy atom. The van der Waals surface area contributed by atoms with Crippen LogP contribution in [0.25, 0.3) is 5.57 Å². The second kappa shape index (κ2) is 4.74. The molecule has 0 aromatic heterocycles. The van der Waals surface area contributed by atoms with E-state index in [1.54, 1.807) is 0 Å². The number of benzene rings is 2. The summed E-state index contributed by atoms with van der Waals surface area (Å²) in [4.78, 5) is 0. The van der Waals surface area contributed by atoms with Crippen LogP contribution in [0, 0.1) is 0 Å². The van der Waals surface area contributed by atoms with Crippen LogP contribution in [0.5, 0.6) is 0 Å². The number of nitrogens with two attached hydrogens (primary N) is 2. The molecule has 2 aromatic carbocycles. The molecular formula is C15H16N2. The molecule has 0 unspecified atom stereocenters. The molecule has 0 bridgehead atoms. The van der Waals surface area contributed by atoms with E-state index in [2.05, 4.69) is 6.08 Å². The summed E-state index contributed by atoms with van der Waals surface area (Å²) in [5, 5.41) is 0. The van der Waals surface area contributed by atoms with Gasteiger partial charge in [0.05, 0.1) is 0 Å². The minimum atomic E-state index is 0.779. The number of nitrogen functional groups attached to an aromatic ring is 2. The lowest BCUT2D eigenvalue weighted by molar-refractivity contribution is 1.52. The maximum Gasteiger partial charge on any atom is 0.0314 e. The second-order valence-corrected chi connectivity index (χ2v) is 3.95. The van der Waals surface area contributed by atoms with E-state index in [4.69, 9.17) is 11.5 Å². The first-order valence-electron chi connectivity index (χ1n) is 5.59. The van der Waals surface area contributed by atoms with E-state index >= 15 is 0 Å². The Balaban J connectivity index is 2.41. The van der Waals surface area contributed by atoms with Gasteiger partial charge in [-0.2, -0.15) is 0 Å². The summed E-state index contributed by atoms with van der Waals surface area (Å²) in [5.41, 5.74) is 16.4. The standard InChI is InChI=1S/C15H16N2/c1-2-15(11-3-7-13(16)8-4-11)12-5-9-14(17)10-6-12/h2-10H,16-17H2,1H3. The highest BCUT2D eigenvalue weighted by Crippen LogP contribution is 2.24. The molecule has 2 heteroatoms. The molecule has 0 saturated heterocycles. The van der Waals surface area contributed by atoms with Crippen LogP contribution in [0.4, 0.5) is 11.4 Å². The van der Waals surface area contributed by atoms with Crippen LogP contribution >= 0.6 is 0 Å². The molecular weight excluding hydrogens is 208 g/mol. The first kappa shape index (κ1) is 11.3. The molecule has 2 rings (SSSR count). The van der Waals surface area contributed by atoms with Gasteiger partial charge in [-0.25, -0.2) is 0 Å². The topological polar surface area (TPSA) is 52.0 Å². The van der Waals surface area contributed by atoms with Crippen molar-refractivity contribution in [1.29, 1.82) is 0 Å². The van der Waals surface area contributed by atoms with Gasteiger partial charge < -0.3 is 11.5 Å². The van der Waals surface area contributed by atoms with Gasteiger partial charge in [0.1, 0.15) is 0 Å². The monoisotopic (exact) mass is 224 g/mol. The van der Waals surface area contributed by atoms with Gasteiger partial charge in [-0.1, -0.05) is 30.3 Å². The molecule has 2 aromatic rings. The van der Waals surface area contributed by atoms with Crippen molar-refractivity contribution in [3.05, 3.63) is 65.7 Å². The Hall–Kier alpha value is -2.22. The van der Waals surface area contributed by atoms with Crippen molar-refractivity contribution in [3.63, 3.8) is 0 Å². The SMILES string of the molecule is CC=C(c1ccc(N)cc1)c1ccc(N)cc1. The molecule has 0 saturated carbocycles. The van der Waals surface area contributed by atoms with Gasteiger partial charge in [0.15, 0.2) is 0 Å². The number of anilines is 2. The maximum absolute atomic E-state index is 5.69. The average molecular weight is 224 g/mol. The zero-order valence-electron chi connectivity index (χ0n) is 9.85. The first-order valence-corrected chi connectivity index (χ1v) is 5.59. The van der Waals surface area contributed by atoms with Crippen molar-refractivity contribution >= 4 is 16.9 Å². The fourth-order valence-corrected chi connectivity index (χ4v) is 1.83. The third-order valence-corrected chi connectivity index (χ3v) is 2.73. The predicted octanol–water partition coefficient (Wildman–Crippen LogP) is 3.30.